The molecule has 3 aromatic rings. The van der Waals surface area contributed by atoms with Gasteiger partial charge >= 0.3 is 0 Å². The van der Waals surface area contributed by atoms with Gasteiger partial charge in [0.2, 0.25) is 0 Å². The molecule has 1 unspecified atom stereocenters. The first-order chi connectivity index (χ1) is 14.6. The first kappa shape index (κ1) is 22.7. The van der Waals surface area contributed by atoms with Crippen LogP contribution in [0.4, 0.5) is 0 Å². The summed E-state index contributed by atoms with van der Waals surface area (Å²) >= 11 is 3.55. The molecule has 5 atom stereocenters. The van der Waals surface area contributed by atoms with Gasteiger partial charge in [-0.1, -0.05) is 52.3 Å². The van der Waals surface area contributed by atoms with E-state index >= 15 is 0 Å². The standard InChI is InChI=1S/C26H28BrN2O.BrH/c1-2-19-17-29(16-18-7-9-21(27)10-8-18)14-12-20(19)15-25(29)26(30)23-11-13-28-24-6-4-3-5-22(23)24;/h2-11,13,19-20,25-26,30H,1,12,14-17H2;1H/q+1;/p-1/t19-,20-,25+,26-,29?;/m0./s1. The zero-order chi connectivity index (χ0) is 20.7. The molecule has 162 valence electrons. The Morgan fingerprint density at radius 3 is 2.71 bits per heavy atom. The zero-order valence-corrected chi connectivity index (χ0v) is 20.7. The molecular formula is C26H28Br2N2O. The summed E-state index contributed by atoms with van der Waals surface area (Å²) in [6.45, 7) is 7.27. The van der Waals surface area contributed by atoms with Crippen LogP contribution in [0.25, 0.3) is 10.9 Å². The summed E-state index contributed by atoms with van der Waals surface area (Å²) < 4.78 is 2.04. The Labute approximate surface area is 203 Å². The van der Waals surface area contributed by atoms with Crippen molar-refractivity contribution in [2.24, 2.45) is 11.8 Å². The molecule has 1 N–H and O–H groups in total. The summed E-state index contributed by atoms with van der Waals surface area (Å²) in [6, 6.07) is 19.0. The maximum Gasteiger partial charge on any atom is 0.131 e. The maximum absolute atomic E-state index is 11.7. The maximum atomic E-state index is 11.7. The fourth-order valence-corrected chi connectivity index (χ4v) is 6.18. The minimum atomic E-state index is -0.498. The van der Waals surface area contributed by atoms with E-state index in [2.05, 4.69) is 63.9 Å². The number of hydrogen-bond donors (Lipinski definition) is 1. The van der Waals surface area contributed by atoms with E-state index in [0.717, 1.165) is 51.5 Å². The number of nitrogens with zero attached hydrogens (tertiary/aromatic N) is 2. The van der Waals surface area contributed by atoms with Crippen LogP contribution in [0, 0.1) is 11.8 Å². The number of pyridine rings is 1. The lowest BCUT2D eigenvalue weighted by Crippen LogP contribution is -3.00. The monoisotopic (exact) mass is 542 g/mol. The lowest BCUT2D eigenvalue weighted by Gasteiger charge is -2.58. The number of benzene rings is 2. The second kappa shape index (κ2) is 9.14. The fourth-order valence-electron chi connectivity index (χ4n) is 5.92. The predicted octanol–water partition coefficient (Wildman–Crippen LogP) is 2.65. The van der Waals surface area contributed by atoms with Gasteiger partial charge < -0.3 is 26.6 Å². The van der Waals surface area contributed by atoms with Gasteiger partial charge in [0.25, 0.3) is 0 Å². The van der Waals surface area contributed by atoms with E-state index in [0.29, 0.717) is 11.8 Å². The highest BCUT2D eigenvalue weighted by Crippen LogP contribution is 2.48. The van der Waals surface area contributed by atoms with Crippen LogP contribution in [0.15, 0.2) is 77.9 Å². The number of aliphatic hydroxyl groups is 1. The van der Waals surface area contributed by atoms with Gasteiger partial charge in [-0.15, -0.1) is 6.58 Å². The summed E-state index contributed by atoms with van der Waals surface area (Å²) in [5, 5.41) is 12.8. The SMILES string of the molecule is C=C[C@H]1C[N+]2(Cc3ccc(Br)cc3)CC[C@H]1C[C@@H]2[C@@H](O)c1ccnc2ccccc12.[Br-]. The van der Waals surface area contributed by atoms with Crippen molar-refractivity contribution >= 4 is 26.8 Å². The highest BCUT2D eigenvalue weighted by atomic mass is 79.9. The molecule has 6 rings (SSSR count). The minimum Gasteiger partial charge on any atom is -1.00 e. The van der Waals surface area contributed by atoms with Gasteiger partial charge in [-0.05, 0) is 35.7 Å². The second-order valence-electron chi connectivity index (χ2n) is 9.02. The third-order valence-electron chi connectivity index (χ3n) is 7.45. The Bertz CT molecular complexity index is 1070. The molecule has 0 saturated carbocycles. The van der Waals surface area contributed by atoms with Crippen LogP contribution in [0.5, 0.6) is 0 Å². The normalized spacial score (nSPS) is 28.1. The van der Waals surface area contributed by atoms with Crippen molar-refractivity contribution in [3.05, 3.63) is 89.0 Å². The minimum absolute atomic E-state index is 0. The summed E-state index contributed by atoms with van der Waals surface area (Å²) in [7, 11) is 0. The summed E-state index contributed by atoms with van der Waals surface area (Å²) in [5.74, 6) is 1.16. The molecule has 3 saturated heterocycles. The van der Waals surface area contributed by atoms with E-state index in [1.165, 1.54) is 12.0 Å². The van der Waals surface area contributed by atoms with E-state index in [9.17, 15) is 5.11 Å². The van der Waals surface area contributed by atoms with Gasteiger partial charge in [0.1, 0.15) is 18.7 Å². The van der Waals surface area contributed by atoms with Crippen LogP contribution in [0.2, 0.25) is 0 Å². The molecule has 3 aliphatic rings. The Morgan fingerprint density at radius 2 is 1.94 bits per heavy atom. The van der Waals surface area contributed by atoms with Crippen molar-refractivity contribution < 1.29 is 26.6 Å². The average molecular weight is 544 g/mol. The molecule has 3 nitrogen and oxygen atoms in total. The highest BCUT2D eigenvalue weighted by molar-refractivity contribution is 9.10. The van der Waals surface area contributed by atoms with E-state index in [4.69, 9.17) is 0 Å². The molecule has 3 fully saturated rings. The third kappa shape index (κ3) is 4.13. The zero-order valence-electron chi connectivity index (χ0n) is 17.5. The van der Waals surface area contributed by atoms with Gasteiger partial charge in [-0.25, -0.2) is 0 Å². The molecule has 2 aromatic carbocycles. The smallest absolute Gasteiger partial charge is 0.131 e. The quantitative estimate of drug-likeness (QED) is 0.396. The predicted molar refractivity (Wildman–Crippen MR) is 125 cm³/mol. The summed E-state index contributed by atoms with van der Waals surface area (Å²) in [5.41, 5.74) is 3.30. The van der Waals surface area contributed by atoms with Crippen LogP contribution < -0.4 is 17.0 Å². The molecule has 2 bridgehead atoms. The first-order valence-electron chi connectivity index (χ1n) is 10.8. The van der Waals surface area contributed by atoms with Crippen molar-refractivity contribution in [3.63, 3.8) is 0 Å². The number of aliphatic hydroxyl groups excluding tert-OH is 1. The number of rotatable bonds is 5. The largest absolute Gasteiger partial charge is 1.00 e. The van der Waals surface area contributed by atoms with Gasteiger partial charge in [0.15, 0.2) is 0 Å². The van der Waals surface area contributed by atoms with Crippen LogP contribution in [-0.4, -0.2) is 33.7 Å². The number of para-hydroxylation sites is 1. The highest BCUT2D eigenvalue weighted by Gasteiger charge is 2.53. The van der Waals surface area contributed by atoms with Gasteiger partial charge in [-0.2, -0.15) is 0 Å². The van der Waals surface area contributed by atoms with Crippen molar-refractivity contribution in [1.29, 1.82) is 0 Å². The second-order valence-corrected chi connectivity index (χ2v) is 9.94. The Balaban J connectivity index is 0.00000231. The average Bonchev–Trinajstić information content (AvgIpc) is 2.79. The lowest BCUT2D eigenvalue weighted by atomic mass is 9.71. The topological polar surface area (TPSA) is 33.1 Å². The molecule has 0 aliphatic carbocycles. The molecule has 0 spiro atoms. The molecule has 31 heavy (non-hydrogen) atoms. The van der Waals surface area contributed by atoms with E-state index in [-0.39, 0.29) is 23.0 Å². The van der Waals surface area contributed by atoms with Crippen molar-refractivity contribution in [2.45, 2.75) is 31.5 Å². The number of hydrogen-bond acceptors (Lipinski definition) is 2. The summed E-state index contributed by atoms with van der Waals surface area (Å²) in [6.07, 6.45) is 5.76. The van der Waals surface area contributed by atoms with E-state index in [1.54, 1.807) is 0 Å². The van der Waals surface area contributed by atoms with Gasteiger partial charge in [0, 0.05) is 40.4 Å². The van der Waals surface area contributed by atoms with Crippen molar-refractivity contribution in [2.75, 3.05) is 13.1 Å². The van der Waals surface area contributed by atoms with Crippen LogP contribution in [-0.2, 0) is 6.54 Å². The van der Waals surface area contributed by atoms with Crippen LogP contribution in [0.1, 0.15) is 30.1 Å². The van der Waals surface area contributed by atoms with Crippen LogP contribution >= 0.6 is 15.9 Å². The molecule has 1 aromatic heterocycles. The number of fused-ring (bicyclic) bond motifs is 4. The Hall–Kier alpha value is -1.53. The molecular weight excluding hydrogens is 516 g/mol. The van der Waals surface area contributed by atoms with E-state index in [1.807, 2.05) is 30.5 Å². The number of quaternary nitrogens is 1. The third-order valence-corrected chi connectivity index (χ3v) is 7.98. The molecule has 5 heteroatoms. The fraction of sp³-hybridized carbons (Fsp3) is 0.346. The molecule has 4 heterocycles. The summed E-state index contributed by atoms with van der Waals surface area (Å²) in [4.78, 5) is 4.50. The van der Waals surface area contributed by atoms with Crippen molar-refractivity contribution in [3.8, 4) is 0 Å². The molecule has 0 radical (unpaired) electrons. The number of halogens is 2. The van der Waals surface area contributed by atoms with Gasteiger partial charge in [-0.3, -0.25) is 4.98 Å². The molecule has 0 amide bonds. The molecule has 3 aliphatic heterocycles. The Morgan fingerprint density at radius 1 is 1.16 bits per heavy atom. The number of piperidine rings is 3. The van der Waals surface area contributed by atoms with Crippen LogP contribution in [0.3, 0.4) is 0 Å². The lowest BCUT2D eigenvalue weighted by molar-refractivity contribution is -0.984. The van der Waals surface area contributed by atoms with Gasteiger partial charge in [0.05, 0.1) is 18.6 Å². The van der Waals surface area contributed by atoms with Crippen molar-refractivity contribution in [1.82, 2.24) is 4.98 Å². The van der Waals surface area contributed by atoms with E-state index < -0.39 is 6.10 Å². The first-order valence-corrected chi connectivity index (χ1v) is 11.6. The number of aromatic nitrogens is 1. The Kier molecular flexibility index (Phi) is 6.68.